The summed E-state index contributed by atoms with van der Waals surface area (Å²) < 4.78 is 20.8. The zero-order valence-corrected chi connectivity index (χ0v) is 9.87. The predicted molar refractivity (Wildman–Crippen MR) is 61.6 cm³/mol. The molecule has 0 saturated heterocycles. The summed E-state index contributed by atoms with van der Waals surface area (Å²) in [7, 11) is 1.52. The normalized spacial score (nSPS) is 12.5. The number of nitrogens with zero attached hydrogens (tertiary/aromatic N) is 1. The molecule has 7 heteroatoms. The maximum absolute atomic E-state index is 10.8. The smallest absolute Gasteiger partial charge is 0.358 e. The Morgan fingerprint density at radius 2 is 2.21 bits per heavy atom. The number of methoxy groups -OCH3 is 1. The topological polar surface area (TPSA) is 91.0 Å². The third-order valence-electron chi connectivity index (χ3n) is 2.68. The summed E-state index contributed by atoms with van der Waals surface area (Å²) in [5.74, 6) is 0.661. The second-order valence-corrected chi connectivity index (χ2v) is 3.79. The monoisotopic (exact) mass is 263 g/mol. The maximum atomic E-state index is 10.8. The fourth-order valence-electron chi connectivity index (χ4n) is 1.79. The van der Waals surface area contributed by atoms with Crippen LogP contribution in [0.2, 0.25) is 0 Å². The summed E-state index contributed by atoms with van der Waals surface area (Å²) >= 11 is 0. The Morgan fingerprint density at radius 1 is 1.37 bits per heavy atom. The highest BCUT2D eigenvalue weighted by molar-refractivity contribution is 5.87. The Labute approximate surface area is 107 Å². The van der Waals surface area contributed by atoms with Crippen LogP contribution >= 0.6 is 0 Å². The van der Waals surface area contributed by atoms with Crippen LogP contribution in [0.1, 0.15) is 10.5 Å². The molecule has 7 nitrogen and oxygen atoms in total. The molecule has 0 bridgehead atoms. The molecule has 3 rings (SSSR count). The van der Waals surface area contributed by atoms with E-state index in [0.717, 1.165) is 0 Å². The summed E-state index contributed by atoms with van der Waals surface area (Å²) in [6, 6.07) is 4.67. The molecular formula is C12H9NO6. The highest BCUT2D eigenvalue weighted by Crippen LogP contribution is 2.44. The molecule has 98 valence electrons. The second-order valence-electron chi connectivity index (χ2n) is 3.79. The van der Waals surface area contributed by atoms with Crippen molar-refractivity contribution in [3.05, 3.63) is 23.9 Å². The van der Waals surface area contributed by atoms with Crippen LogP contribution in [0.15, 0.2) is 22.7 Å². The largest absolute Gasteiger partial charge is 0.497 e. The van der Waals surface area contributed by atoms with E-state index in [9.17, 15) is 4.79 Å². The van der Waals surface area contributed by atoms with Gasteiger partial charge in [0.05, 0.1) is 12.7 Å². The van der Waals surface area contributed by atoms with Gasteiger partial charge in [-0.2, -0.15) is 0 Å². The number of hydrogen-bond acceptors (Lipinski definition) is 6. The van der Waals surface area contributed by atoms with Crippen LogP contribution in [0.4, 0.5) is 0 Å². The lowest BCUT2D eigenvalue weighted by Crippen LogP contribution is -1.94. The summed E-state index contributed by atoms with van der Waals surface area (Å²) in [6.07, 6.45) is 0. The van der Waals surface area contributed by atoms with Crippen molar-refractivity contribution in [1.29, 1.82) is 0 Å². The lowest BCUT2D eigenvalue weighted by atomic mass is 10.1. The van der Waals surface area contributed by atoms with Gasteiger partial charge < -0.3 is 23.8 Å². The van der Waals surface area contributed by atoms with Crippen LogP contribution in [-0.2, 0) is 0 Å². The fourth-order valence-corrected chi connectivity index (χ4v) is 1.79. The fraction of sp³-hybridized carbons (Fsp3) is 0.167. The predicted octanol–water partition coefficient (Wildman–Crippen LogP) is 1.78. The highest BCUT2D eigenvalue weighted by Gasteiger charge is 2.24. The molecule has 1 aromatic heterocycles. The van der Waals surface area contributed by atoms with E-state index in [1.54, 1.807) is 12.1 Å². The minimum Gasteiger partial charge on any atom is -0.497 e. The first kappa shape index (κ1) is 11.4. The molecule has 0 fully saturated rings. The number of carboxylic acids is 1. The number of rotatable bonds is 3. The summed E-state index contributed by atoms with van der Waals surface area (Å²) in [4.78, 5) is 10.8. The number of ether oxygens (including phenoxy) is 3. The minimum atomic E-state index is -1.16. The van der Waals surface area contributed by atoms with E-state index in [4.69, 9.17) is 23.8 Å². The van der Waals surface area contributed by atoms with E-state index in [1.807, 2.05) is 0 Å². The Morgan fingerprint density at radius 3 is 2.89 bits per heavy atom. The number of aromatic nitrogens is 1. The van der Waals surface area contributed by atoms with Crippen molar-refractivity contribution in [2.75, 3.05) is 13.9 Å². The van der Waals surface area contributed by atoms with Crippen LogP contribution in [0.3, 0.4) is 0 Å². The van der Waals surface area contributed by atoms with Gasteiger partial charge in [-0.15, -0.1) is 0 Å². The number of carbonyl (C=O) groups is 1. The molecule has 1 aliphatic rings. The molecular weight excluding hydrogens is 254 g/mol. The molecule has 0 amide bonds. The van der Waals surface area contributed by atoms with Gasteiger partial charge in [-0.05, 0) is 6.07 Å². The van der Waals surface area contributed by atoms with E-state index in [0.29, 0.717) is 22.8 Å². The van der Waals surface area contributed by atoms with Crippen LogP contribution in [0, 0.1) is 0 Å². The standard InChI is InChI=1S/C12H9NO6/c1-16-6-2-7(11-10(3-6)17-5-18-11)9-4-8(12(14)15)13-19-9/h2-4H,5H2,1H3,(H,14,15). The van der Waals surface area contributed by atoms with E-state index in [2.05, 4.69) is 5.16 Å². The number of carboxylic acid groups (broad SMARTS) is 1. The molecule has 0 atom stereocenters. The van der Waals surface area contributed by atoms with Gasteiger partial charge in [0.25, 0.3) is 0 Å². The van der Waals surface area contributed by atoms with E-state index >= 15 is 0 Å². The van der Waals surface area contributed by atoms with Gasteiger partial charge in [-0.25, -0.2) is 4.79 Å². The number of aromatic carboxylic acids is 1. The molecule has 0 unspecified atom stereocenters. The number of hydrogen-bond donors (Lipinski definition) is 1. The van der Waals surface area contributed by atoms with Crippen LogP contribution in [0.25, 0.3) is 11.3 Å². The zero-order valence-electron chi connectivity index (χ0n) is 9.87. The van der Waals surface area contributed by atoms with Gasteiger partial charge in [0, 0.05) is 12.1 Å². The van der Waals surface area contributed by atoms with Crippen LogP contribution in [0.5, 0.6) is 17.2 Å². The minimum absolute atomic E-state index is 0.0927. The average molecular weight is 263 g/mol. The summed E-state index contributed by atoms with van der Waals surface area (Å²) in [5, 5.41) is 12.3. The quantitative estimate of drug-likeness (QED) is 0.902. The maximum Gasteiger partial charge on any atom is 0.358 e. The van der Waals surface area contributed by atoms with E-state index in [1.165, 1.54) is 13.2 Å². The Kier molecular flexibility index (Phi) is 2.52. The highest BCUT2D eigenvalue weighted by atomic mass is 16.7. The molecule has 0 aliphatic carbocycles. The molecule has 2 aromatic rings. The SMILES string of the molecule is COc1cc2c(c(-c3cc(C(=O)O)no3)c1)OCO2. The lowest BCUT2D eigenvalue weighted by Gasteiger charge is -2.05. The molecule has 1 aromatic carbocycles. The number of benzene rings is 1. The van der Waals surface area contributed by atoms with Crippen molar-refractivity contribution in [2.45, 2.75) is 0 Å². The van der Waals surface area contributed by atoms with Crippen molar-refractivity contribution >= 4 is 5.97 Å². The first-order valence-electron chi connectivity index (χ1n) is 5.37. The average Bonchev–Trinajstić information content (AvgIpc) is 3.06. The van der Waals surface area contributed by atoms with Crippen molar-refractivity contribution in [3.8, 4) is 28.6 Å². The van der Waals surface area contributed by atoms with Crippen LogP contribution in [-0.4, -0.2) is 30.1 Å². The van der Waals surface area contributed by atoms with Crippen molar-refractivity contribution in [1.82, 2.24) is 5.16 Å². The molecule has 0 radical (unpaired) electrons. The Hall–Kier alpha value is -2.70. The van der Waals surface area contributed by atoms with Gasteiger partial charge in [0.2, 0.25) is 6.79 Å². The third kappa shape index (κ3) is 1.85. The van der Waals surface area contributed by atoms with Crippen molar-refractivity contribution in [2.24, 2.45) is 0 Å². The van der Waals surface area contributed by atoms with Gasteiger partial charge in [0.15, 0.2) is 23.0 Å². The molecule has 19 heavy (non-hydrogen) atoms. The first-order chi connectivity index (χ1) is 9.19. The third-order valence-corrected chi connectivity index (χ3v) is 2.68. The summed E-state index contributed by atoms with van der Waals surface area (Å²) in [5.41, 5.74) is 0.359. The first-order valence-corrected chi connectivity index (χ1v) is 5.37. The lowest BCUT2D eigenvalue weighted by molar-refractivity contribution is 0.0686. The van der Waals surface area contributed by atoms with Gasteiger partial charge >= 0.3 is 5.97 Å². The second kappa shape index (κ2) is 4.20. The molecule has 1 N–H and O–H groups in total. The van der Waals surface area contributed by atoms with E-state index in [-0.39, 0.29) is 18.2 Å². The number of fused-ring (bicyclic) bond motifs is 1. The molecule has 0 spiro atoms. The van der Waals surface area contributed by atoms with Gasteiger partial charge in [-0.3, -0.25) is 0 Å². The Bertz CT molecular complexity index is 648. The molecule has 1 aliphatic heterocycles. The van der Waals surface area contributed by atoms with Crippen LogP contribution < -0.4 is 14.2 Å². The molecule has 0 saturated carbocycles. The van der Waals surface area contributed by atoms with Crippen molar-refractivity contribution in [3.63, 3.8) is 0 Å². The van der Waals surface area contributed by atoms with E-state index < -0.39 is 5.97 Å². The van der Waals surface area contributed by atoms with Crippen molar-refractivity contribution < 1.29 is 28.6 Å². The molecule has 2 heterocycles. The Balaban J connectivity index is 2.13. The van der Waals surface area contributed by atoms with Gasteiger partial charge in [0.1, 0.15) is 5.75 Å². The zero-order chi connectivity index (χ0) is 13.4. The van der Waals surface area contributed by atoms with Gasteiger partial charge in [-0.1, -0.05) is 5.16 Å². The summed E-state index contributed by atoms with van der Waals surface area (Å²) in [6.45, 7) is 0.0927.